The minimum absolute atomic E-state index is 0.00231. The van der Waals surface area contributed by atoms with Crippen molar-refractivity contribution in [2.75, 3.05) is 0 Å². The average molecular weight is 235 g/mol. The van der Waals surface area contributed by atoms with Crippen LogP contribution in [0.5, 0.6) is 0 Å². The average Bonchev–Trinajstić information content (AvgIpc) is 2.03. The van der Waals surface area contributed by atoms with Gasteiger partial charge in [-0.1, -0.05) is 23.2 Å². The Balaban J connectivity index is 0. The molecule has 76 valence electrons. The maximum atomic E-state index is 10.0. The molecular formula is C8H8Cl2N2O2. The van der Waals surface area contributed by atoms with Gasteiger partial charge in [-0.2, -0.15) is 10.5 Å². The molecule has 0 rings (SSSR count). The van der Waals surface area contributed by atoms with Gasteiger partial charge in [0.15, 0.2) is 6.10 Å². The van der Waals surface area contributed by atoms with Crippen LogP contribution in [0.15, 0.2) is 10.6 Å². The molecule has 1 atom stereocenters. The molecular weight excluding hydrogens is 227 g/mol. The summed E-state index contributed by atoms with van der Waals surface area (Å²) >= 11 is 9.96. The van der Waals surface area contributed by atoms with Crippen molar-refractivity contribution in [2.24, 2.45) is 0 Å². The Morgan fingerprint density at radius 1 is 1.50 bits per heavy atom. The van der Waals surface area contributed by atoms with Gasteiger partial charge in [-0.15, -0.1) is 0 Å². The molecule has 0 bridgehead atoms. The number of allylic oxidation sites excluding steroid dienone is 1. The van der Waals surface area contributed by atoms with E-state index in [0.717, 1.165) is 6.08 Å². The second-order valence-electron chi connectivity index (χ2n) is 1.94. The highest BCUT2D eigenvalue weighted by Crippen LogP contribution is 2.03. The van der Waals surface area contributed by atoms with Crippen LogP contribution in [-0.4, -0.2) is 12.1 Å². The third-order valence-electron chi connectivity index (χ3n) is 0.698. The highest BCUT2D eigenvalue weighted by Gasteiger charge is 1.99. The fourth-order valence-electron chi connectivity index (χ4n) is 0.324. The summed E-state index contributed by atoms with van der Waals surface area (Å²) in [4.78, 5) is 10.0. The van der Waals surface area contributed by atoms with Crippen molar-refractivity contribution in [3.63, 3.8) is 0 Å². The number of hydrogen-bond donors (Lipinski definition) is 0. The lowest BCUT2D eigenvalue weighted by molar-refractivity contribution is -0.143. The molecule has 4 nitrogen and oxygen atoms in total. The van der Waals surface area contributed by atoms with E-state index in [9.17, 15) is 4.79 Å². The Bertz CT molecular complexity index is 285. The van der Waals surface area contributed by atoms with Crippen molar-refractivity contribution in [3.8, 4) is 12.1 Å². The number of esters is 1. The number of hydrogen-bond acceptors (Lipinski definition) is 4. The van der Waals surface area contributed by atoms with Crippen LogP contribution in [0.1, 0.15) is 13.8 Å². The number of carbonyl (C=O) groups is 1. The van der Waals surface area contributed by atoms with Crippen LogP contribution in [0.2, 0.25) is 0 Å². The standard InChI is InChI=1S/C5H7NO2.C3HCl2N/c1-4(3-6)8-5(2)7;4-3(5)1-2-6/h4H,1-2H3;1H. The largest absolute Gasteiger partial charge is 0.447 e. The third-order valence-corrected chi connectivity index (χ3v) is 0.916. The summed E-state index contributed by atoms with van der Waals surface area (Å²) in [6.45, 7) is 2.79. The molecule has 0 amide bonds. The SMILES string of the molecule is CC(=O)OC(C)C#N.N#CC=C(Cl)Cl. The molecule has 0 saturated heterocycles. The minimum Gasteiger partial charge on any atom is -0.447 e. The van der Waals surface area contributed by atoms with Crippen LogP contribution in [0.4, 0.5) is 0 Å². The molecule has 0 saturated carbocycles. The molecule has 0 radical (unpaired) electrons. The molecule has 0 aliphatic carbocycles. The lowest BCUT2D eigenvalue weighted by atomic mass is 10.5. The lowest BCUT2D eigenvalue weighted by Crippen LogP contribution is -2.08. The van der Waals surface area contributed by atoms with Crippen LogP contribution < -0.4 is 0 Å². The summed E-state index contributed by atoms with van der Waals surface area (Å²) in [6.07, 6.45) is 0.427. The quantitative estimate of drug-likeness (QED) is 0.516. The van der Waals surface area contributed by atoms with Crippen molar-refractivity contribution >= 4 is 29.2 Å². The van der Waals surface area contributed by atoms with Crippen molar-refractivity contribution < 1.29 is 9.53 Å². The lowest BCUT2D eigenvalue weighted by Gasteiger charge is -1.99. The number of ether oxygens (including phenoxy) is 1. The molecule has 0 aromatic carbocycles. The first-order valence-corrected chi connectivity index (χ1v) is 4.17. The van der Waals surface area contributed by atoms with Crippen LogP contribution >= 0.6 is 23.2 Å². The van der Waals surface area contributed by atoms with Gasteiger partial charge in [0, 0.05) is 13.0 Å². The van der Waals surface area contributed by atoms with E-state index in [1.54, 1.807) is 12.1 Å². The predicted molar refractivity (Wildman–Crippen MR) is 52.2 cm³/mol. The summed E-state index contributed by atoms with van der Waals surface area (Å²) in [6, 6.07) is 3.39. The zero-order chi connectivity index (χ0) is 11.6. The number of nitrogens with zero attached hydrogens (tertiary/aromatic N) is 2. The van der Waals surface area contributed by atoms with E-state index in [1.807, 2.05) is 0 Å². The molecule has 0 aliphatic rings. The normalized spacial score (nSPS) is 9.29. The molecule has 0 aromatic rings. The van der Waals surface area contributed by atoms with Crippen LogP contribution in [-0.2, 0) is 9.53 Å². The van der Waals surface area contributed by atoms with E-state index in [4.69, 9.17) is 33.7 Å². The van der Waals surface area contributed by atoms with Gasteiger partial charge in [0.05, 0.1) is 6.07 Å². The van der Waals surface area contributed by atoms with Crippen LogP contribution in [0.3, 0.4) is 0 Å². The topological polar surface area (TPSA) is 73.9 Å². The molecule has 6 heteroatoms. The molecule has 0 aliphatic heterocycles. The van der Waals surface area contributed by atoms with Gasteiger partial charge < -0.3 is 4.74 Å². The van der Waals surface area contributed by atoms with Gasteiger partial charge >= 0.3 is 5.97 Å². The zero-order valence-corrected chi connectivity index (χ0v) is 9.13. The van der Waals surface area contributed by atoms with E-state index in [2.05, 4.69) is 4.74 Å². The molecule has 1 unspecified atom stereocenters. The maximum Gasteiger partial charge on any atom is 0.303 e. The molecule has 0 N–H and O–H groups in total. The van der Waals surface area contributed by atoms with Gasteiger partial charge in [0.2, 0.25) is 0 Å². The van der Waals surface area contributed by atoms with Crippen molar-refractivity contribution in [1.29, 1.82) is 10.5 Å². The van der Waals surface area contributed by atoms with Gasteiger partial charge in [0.25, 0.3) is 0 Å². The fourth-order valence-corrected chi connectivity index (χ4v) is 0.422. The van der Waals surface area contributed by atoms with Crippen molar-refractivity contribution in [2.45, 2.75) is 20.0 Å². The second kappa shape index (κ2) is 9.85. The fraction of sp³-hybridized carbons (Fsp3) is 0.375. The second-order valence-corrected chi connectivity index (χ2v) is 2.95. The number of rotatable bonds is 1. The highest BCUT2D eigenvalue weighted by molar-refractivity contribution is 6.56. The van der Waals surface area contributed by atoms with E-state index < -0.39 is 12.1 Å². The van der Waals surface area contributed by atoms with E-state index in [1.165, 1.54) is 13.8 Å². The van der Waals surface area contributed by atoms with Crippen molar-refractivity contribution in [3.05, 3.63) is 10.6 Å². The van der Waals surface area contributed by atoms with Gasteiger partial charge in [0.1, 0.15) is 10.6 Å². The maximum absolute atomic E-state index is 10.0. The summed E-state index contributed by atoms with van der Waals surface area (Å²) in [7, 11) is 0. The Morgan fingerprint density at radius 3 is 2.07 bits per heavy atom. The van der Waals surface area contributed by atoms with Gasteiger partial charge in [-0.3, -0.25) is 4.79 Å². The van der Waals surface area contributed by atoms with Crippen LogP contribution in [0.25, 0.3) is 0 Å². The molecule has 0 spiro atoms. The zero-order valence-electron chi connectivity index (χ0n) is 7.62. The van der Waals surface area contributed by atoms with E-state index >= 15 is 0 Å². The highest BCUT2D eigenvalue weighted by atomic mass is 35.5. The Morgan fingerprint density at radius 2 is 2.00 bits per heavy atom. The monoisotopic (exact) mass is 234 g/mol. The summed E-state index contributed by atoms with van der Waals surface area (Å²) < 4.78 is 4.40. The summed E-state index contributed by atoms with van der Waals surface area (Å²) in [5, 5.41) is 15.8. The molecule has 0 aromatic heterocycles. The third kappa shape index (κ3) is 17.0. The molecule has 0 fully saturated rings. The molecule has 0 heterocycles. The van der Waals surface area contributed by atoms with E-state index in [-0.39, 0.29) is 4.49 Å². The smallest absolute Gasteiger partial charge is 0.303 e. The summed E-state index contributed by atoms with van der Waals surface area (Å²) in [5.41, 5.74) is 0. The minimum atomic E-state index is -0.618. The number of carbonyl (C=O) groups excluding carboxylic acids is 1. The first kappa shape index (κ1) is 15.3. The van der Waals surface area contributed by atoms with Gasteiger partial charge in [-0.05, 0) is 6.92 Å². The van der Waals surface area contributed by atoms with Crippen LogP contribution in [0, 0.1) is 22.7 Å². The van der Waals surface area contributed by atoms with Gasteiger partial charge in [-0.25, -0.2) is 0 Å². The molecule has 14 heavy (non-hydrogen) atoms. The first-order valence-electron chi connectivity index (χ1n) is 3.41. The first-order chi connectivity index (χ1) is 6.43. The Labute approximate surface area is 92.3 Å². The Hall–Kier alpha value is -1.23. The van der Waals surface area contributed by atoms with E-state index in [0.29, 0.717) is 0 Å². The van der Waals surface area contributed by atoms with Crippen molar-refractivity contribution in [1.82, 2.24) is 0 Å². The number of nitriles is 2. The summed E-state index contributed by atoms with van der Waals surface area (Å²) in [5.74, 6) is -0.418. The predicted octanol–water partition coefficient (Wildman–Crippen LogP) is 2.29. The Kier molecular flexibility index (Phi) is 10.7. The number of halogens is 2.